The Hall–Kier alpha value is -2.32. The number of nitrogens with zero attached hydrogens (tertiary/aromatic N) is 2. The predicted molar refractivity (Wildman–Crippen MR) is 110 cm³/mol. The lowest BCUT2D eigenvalue weighted by Crippen LogP contribution is -2.40. The third-order valence-electron chi connectivity index (χ3n) is 5.00. The highest BCUT2D eigenvalue weighted by Gasteiger charge is 2.42. The minimum absolute atomic E-state index is 0.0850. The molecule has 1 fully saturated rings. The number of aromatic nitrogens is 2. The molecule has 0 bridgehead atoms. The summed E-state index contributed by atoms with van der Waals surface area (Å²) in [5.74, 6) is 1.16. The number of amides is 1. The van der Waals surface area contributed by atoms with Crippen molar-refractivity contribution < 1.29 is 14.3 Å². The van der Waals surface area contributed by atoms with Gasteiger partial charge in [0.15, 0.2) is 11.5 Å². The van der Waals surface area contributed by atoms with Crippen molar-refractivity contribution in [2.24, 2.45) is 0 Å². The van der Waals surface area contributed by atoms with Crippen LogP contribution < -0.4 is 14.8 Å². The van der Waals surface area contributed by atoms with E-state index in [1.54, 1.807) is 11.3 Å². The van der Waals surface area contributed by atoms with Crippen molar-refractivity contribution in [1.82, 2.24) is 9.97 Å². The molecular formula is C20H19N3O3S2. The molecule has 0 atom stereocenters. The Morgan fingerprint density at radius 2 is 2.00 bits per heavy atom. The average Bonchev–Trinajstić information content (AvgIpc) is 3.31. The van der Waals surface area contributed by atoms with Gasteiger partial charge in [0.1, 0.15) is 16.2 Å². The van der Waals surface area contributed by atoms with Gasteiger partial charge in [-0.15, -0.1) is 11.3 Å². The maximum absolute atomic E-state index is 12.4. The van der Waals surface area contributed by atoms with E-state index in [2.05, 4.69) is 15.3 Å². The molecule has 1 aliphatic heterocycles. The lowest BCUT2D eigenvalue weighted by Gasteiger charge is -2.31. The first-order chi connectivity index (χ1) is 13.7. The highest BCUT2D eigenvalue weighted by molar-refractivity contribution is 8.00. The third kappa shape index (κ3) is 3.42. The average molecular weight is 414 g/mol. The van der Waals surface area contributed by atoms with E-state index in [1.165, 1.54) is 24.5 Å². The third-order valence-corrected chi connectivity index (χ3v) is 6.83. The summed E-state index contributed by atoms with van der Waals surface area (Å²) >= 11 is 2.98. The molecule has 6 nitrogen and oxygen atoms in total. The van der Waals surface area contributed by atoms with Crippen LogP contribution in [0.5, 0.6) is 11.5 Å². The van der Waals surface area contributed by atoms with E-state index in [9.17, 15) is 4.79 Å². The predicted octanol–water partition coefficient (Wildman–Crippen LogP) is 4.85. The van der Waals surface area contributed by atoms with Gasteiger partial charge in [0.2, 0.25) is 5.91 Å². The number of benzene rings is 1. The zero-order valence-corrected chi connectivity index (χ0v) is 16.8. The van der Waals surface area contributed by atoms with Crippen molar-refractivity contribution in [2.45, 2.75) is 42.9 Å². The number of carbonyl (C=O) groups is 1. The van der Waals surface area contributed by atoms with Crippen LogP contribution in [0.1, 0.15) is 32.1 Å². The normalized spacial score (nSPS) is 17.1. The molecule has 0 unspecified atom stereocenters. The summed E-state index contributed by atoms with van der Waals surface area (Å²) in [6.45, 7) is 0. The number of fused-ring (bicyclic) bond motifs is 2. The molecule has 8 heteroatoms. The van der Waals surface area contributed by atoms with Gasteiger partial charge in [-0.05, 0) is 36.4 Å². The monoisotopic (exact) mass is 413 g/mol. The number of rotatable bonds is 4. The van der Waals surface area contributed by atoms with Gasteiger partial charge in [0.05, 0.1) is 5.75 Å². The van der Waals surface area contributed by atoms with Crippen molar-refractivity contribution in [2.75, 3.05) is 11.1 Å². The van der Waals surface area contributed by atoms with E-state index >= 15 is 0 Å². The standard InChI is InChI=1S/C20H19N3O3S2/c24-17(11-28-19-14-6-9-27-18(14)21-12-22-19)23-13-4-5-15-16(10-13)26-20(25-15)7-2-1-3-8-20/h4-6,9-10,12H,1-3,7-8,11H2,(H,23,24). The largest absolute Gasteiger partial charge is 0.448 e. The van der Waals surface area contributed by atoms with Crippen LogP contribution in [-0.2, 0) is 4.79 Å². The quantitative estimate of drug-likeness (QED) is 0.487. The van der Waals surface area contributed by atoms with Gasteiger partial charge < -0.3 is 14.8 Å². The molecular weight excluding hydrogens is 394 g/mol. The molecule has 1 saturated carbocycles. The van der Waals surface area contributed by atoms with Crippen molar-refractivity contribution in [3.8, 4) is 11.5 Å². The van der Waals surface area contributed by atoms with Crippen LogP contribution in [0.25, 0.3) is 10.2 Å². The molecule has 3 aromatic rings. The van der Waals surface area contributed by atoms with Crippen LogP contribution in [0.2, 0.25) is 0 Å². The zero-order chi connectivity index (χ0) is 19.0. The Morgan fingerprint density at radius 3 is 2.89 bits per heavy atom. The van der Waals surface area contributed by atoms with Crippen molar-refractivity contribution in [3.63, 3.8) is 0 Å². The summed E-state index contributed by atoms with van der Waals surface area (Å²) in [7, 11) is 0. The highest BCUT2D eigenvalue weighted by atomic mass is 32.2. The molecule has 3 heterocycles. The van der Waals surface area contributed by atoms with E-state index in [1.807, 2.05) is 29.6 Å². The van der Waals surface area contributed by atoms with Crippen molar-refractivity contribution >= 4 is 44.9 Å². The topological polar surface area (TPSA) is 73.3 Å². The van der Waals surface area contributed by atoms with Crippen LogP contribution in [-0.4, -0.2) is 27.4 Å². The van der Waals surface area contributed by atoms with Crippen molar-refractivity contribution in [1.29, 1.82) is 0 Å². The summed E-state index contributed by atoms with van der Waals surface area (Å²) in [5.41, 5.74) is 0.712. The number of hydrogen-bond donors (Lipinski definition) is 1. The maximum atomic E-state index is 12.4. The minimum Gasteiger partial charge on any atom is -0.448 e. The lowest BCUT2D eigenvalue weighted by atomic mass is 9.94. The van der Waals surface area contributed by atoms with Gasteiger partial charge in [-0.2, -0.15) is 0 Å². The SMILES string of the molecule is O=C(CSc1ncnc2sccc12)Nc1ccc2c(c1)OC1(CCCCC1)O2. The van der Waals surface area contributed by atoms with E-state index in [-0.39, 0.29) is 11.7 Å². The molecule has 28 heavy (non-hydrogen) atoms. The van der Waals surface area contributed by atoms with Crippen molar-refractivity contribution in [3.05, 3.63) is 36.0 Å². The van der Waals surface area contributed by atoms with Gasteiger partial charge in [-0.3, -0.25) is 4.79 Å². The molecule has 2 aliphatic rings. The molecule has 1 aliphatic carbocycles. The minimum atomic E-state index is -0.502. The van der Waals surface area contributed by atoms with E-state index in [0.717, 1.165) is 46.7 Å². The number of ether oxygens (including phenoxy) is 2. The fraction of sp³-hybridized carbons (Fsp3) is 0.350. The molecule has 0 radical (unpaired) electrons. The Kier molecular flexibility index (Phi) is 4.60. The number of carbonyl (C=O) groups excluding carboxylic acids is 1. The van der Waals surface area contributed by atoms with Crippen LogP contribution >= 0.6 is 23.1 Å². The second kappa shape index (κ2) is 7.25. The molecule has 2 aromatic heterocycles. The molecule has 5 rings (SSSR count). The highest BCUT2D eigenvalue weighted by Crippen LogP contribution is 2.46. The first kappa shape index (κ1) is 17.8. The number of thioether (sulfide) groups is 1. The van der Waals surface area contributed by atoms with E-state index in [4.69, 9.17) is 9.47 Å². The number of thiophene rings is 1. The molecule has 1 spiro atoms. The van der Waals surface area contributed by atoms with Gasteiger partial charge in [-0.1, -0.05) is 18.2 Å². The summed E-state index contributed by atoms with van der Waals surface area (Å²) in [5, 5.41) is 6.74. The first-order valence-corrected chi connectivity index (χ1v) is 11.2. The Balaban J connectivity index is 1.23. The van der Waals surface area contributed by atoms with Crippen LogP contribution in [0.15, 0.2) is 41.0 Å². The fourth-order valence-corrected chi connectivity index (χ4v) is 5.26. The number of nitrogens with one attached hydrogen (secondary N) is 1. The smallest absolute Gasteiger partial charge is 0.251 e. The van der Waals surface area contributed by atoms with E-state index < -0.39 is 5.79 Å². The van der Waals surface area contributed by atoms with Gasteiger partial charge >= 0.3 is 0 Å². The van der Waals surface area contributed by atoms with Gasteiger partial charge in [-0.25, -0.2) is 9.97 Å². The molecule has 1 amide bonds. The second-order valence-corrected chi connectivity index (χ2v) is 8.85. The summed E-state index contributed by atoms with van der Waals surface area (Å²) in [4.78, 5) is 21.9. The van der Waals surface area contributed by atoms with Gasteiger partial charge in [0.25, 0.3) is 5.79 Å². The van der Waals surface area contributed by atoms with Gasteiger partial charge in [0, 0.05) is 30.0 Å². The molecule has 1 aromatic carbocycles. The number of anilines is 1. The number of hydrogen-bond acceptors (Lipinski definition) is 7. The molecule has 144 valence electrons. The summed E-state index contributed by atoms with van der Waals surface area (Å²) < 4.78 is 12.2. The van der Waals surface area contributed by atoms with E-state index in [0.29, 0.717) is 11.4 Å². The Morgan fingerprint density at radius 1 is 1.14 bits per heavy atom. The molecule has 0 saturated heterocycles. The van der Waals surface area contributed by atoms with Crippen LogP contribution in [0.3, 0.4) is 0 Å². The summed E-state index contributed by atoms with van der Waals surface area (Å²) in [6.07, 6.45) is 6.84. The van der Waals surface area contributed by atoms with Crippen LogP contribution in [0.4, 0.5) is 5.69 Å². The zero-order valence-electron chi connectivity index (χ0n) is 15.1. The second-order valence-electron chi connectivity index (χ2n) is 6.99. The molecule has 1 N–H and O–H groups in total. The maximum Gasteiger partial charge on any atom is 0.251 e. The Labute approximate surface area is 170 Å². The van der Waals surface area contributed by atoms with Crippen LogP contribution in [0, 0.1) is 0 Å². The fourth-order valence-electron chi connectivity index (χ4n) is 3.68. The first-order valence-electron chi connectivity index (χ1n) is 9.34. The Bertz CT molecular complexity index is 1030. The lowest BCUT2D eigenvalue weighted by molar-refractivity contribution is -0.113. The summed E-state index contributed by atoms with van der Waals surface area (Å²) in [6, 6.07) is 7.57.